The highest BCUT2D eigenvalue weighted by molar-refractivity contribution is 5.61. The first-order valence-corrected chi connectivity index (χ1v) is 10.4. The molecule has 2 aromatic carbocycles. The van der Waals surface area contributed by atoms with Gasteiger partial charge in [-0.1, -0.05) is 23.8 Å². The van der Waals surface area contributed by atoms with Crippen LogP contribution in [0.25, 0.3) is 11.3 Å². The molecule has 0 aliphatic carbocycles. The van der Waals surface area contributed by atoms with E-state index in [-0.39, 0.29) is 0 Å². The van der Waals surface area contributed by atoms with Crippen molar-refractivity contribution >= 4 is 5.69 Å². The standard InChI is InChI=1S/C25H29N3O/c1-19-4-3-5-21(16-19)25-17-20(10-15-27-25)18-28(23-11-13-26-14-12-23)22-6-8-24(29-2)9-7-22/h3-10,15-17,23,26H,11-14,18H2,1-2H3. The number of piperidine rings is 1. The van der Waals surface area contributed by atoms with Crippen LogP contribution >= 0.6 is 0 Å². The second-order valence-electron chi connectivity index (χ2n) is 7.73. The molecule has 0 spiro atoms. The molecule has 2 heterocycles. The van der Waals surface area contributed by atoms with E-state index in [9.17, 15) is 0 Å². The third-order valence-electron chi connectivity index (χ3n) is 5.64. The molecule has 0 unspecified atom stereocenters. The van der Waals surface area contributed by atoms with Gasteiger partial charge in [0.2, 0.25) is 0 Å². The van der Waals surface area contributed by atoms with Gasteiger partial charge < -0.3 is 15.0 Å². The first-order valence-electron chi connectivity index (χ1n) is 10.4. The number of nitrogens with zero attached hydrogens (tertiary/aromatic N) is 2. The van der Waals surface area contributed by atoms with Crippen molar-refractivity contribution in [3.8, 4) is 17.0 Å². The number of hydrogen-bond donors (Lipinski definition) is 1. The van der Waals surface area contributed by atoms with Gasteiger partial charge in [-0.3, -0.25) is 4.98 Å². The molecule has 1 aliphatic heterocycles. The van der Waals surface area contributed by atoms with E-state index in [0.29, 0.717) is 6.04 Å². The second-order valence-corrected chi connectivity index (χ2v) is 7.73. The normalized spacial score (nSPS) is 14.6. The molecular weight excluding hydrogens is 358 g/mol. The minimum absolute atomic E-state index is 0.528. The van der Waals surface area contributed by atoms with Crippen molar-refractivity contribution in [2.75, 3.05) is 25.1 Å². The number of nitrogens with one attached hydrogen (secondary N) is 1. The summed E-state index contributed by atoms with van der Waals surface area (Å²) < 4.78 is 5.35. The third kappa shape index (κ3) is 4.77. The fourth-order valence-electron chi connectivity index (χ4n) is 4.05. The Balaban J connectivity index is 1.62. The van der Waals surface area contributed by atoms with Gasteiger partial charge in [0.25, 0.3) is 0 Å². The zero-order chi connectivity index (χ0) is 20.1. The van der Waals surface area contributed by atoms with Gasteiger partial charge in [-0.15, -0.1) is 0 Å². The Kier molecular flexibility index (Phi) is 6.11. The topological polar surface area (TPSA) is 37.4 Å². The van der Waals surface area contributed by atoms with Crippen molar-refractivity contribution in [2.45, 2.75) is 32.4 Å². The summed E-state index contributed by atoms with van der Waals surface area (Å²) >= 11 is 0. The molecule has 0 amide bonds. The number of aromatic nitrogens is 1. The predicted molar refractivity (Wildman–Crippen MR) is 119 cm³/mol. The maximum Gasteiger partial charge on any atom is 0.119 e. The Hall–Kier alpha value is -2.85. The molecule has 1 aromatic heterocycles. The first-order chi connectivity index (χ1) is 14.2. The van der Waals surface area contributed by atoms with Gasteiger partial charge in [0.1, 0.15) is 5.75 Å². The van der Waals surface area contributed by atoms with Crippen LogP contribution in [0.1, 0.15) is 24.0 Å². The molecule has 4 nitrogen and oxygen atoms in total. The molecule has 1 N–H and O–H groups in total. The van der Waals surface area contributed by atoms with Crippen LogP contribution in [0.15, 0.2) is 66.9 Å². The summed E-state index contributed by atoms with van der Waals surface area (Å²) in [4.78, 5) is 7.16. The molecule has 1 saturated heterocycles. The van der Waals surface area contributed by atoms with Crippen LogP contribution in [0.2, 0.25) is 0 Å². The third-order valence-corrected chi connectivity index (χ3v) is 5.64. The maximum atomic E-state index is 5.35. The van der Waals surface area contributed by atoms with Gasteiger partial charge in [0.05, 0.1) is 12.8 Å². The number of pyridine rings is 1. The van der Waals surface area contributed by atoms with Crippen LogP contribution in [0.3, 0.4) is 0 Å². The minimum atomic E-state index is 0.528. The smallest absolute Gasteiger partial charge is 0.119 e. The van der Waals surface area contributed by atoms with E-state index in [1.807, 2.05) is 18.3 Å². The summed E-state index contributed by atoms with van der Waals surface area (Å²) in [6.45, 7) is 5.14. The monoisotopic (exact) mass is 387 g/mol. The molecule has 150 valence electrons. The fourth-order valence-corrected chi connectivity index (χ4v) is 4.05. The molecule has 0 bridgehead atoms. The fraction of sp³-hybridized carbons (Fsp3) is 0.320. The average molecular weight is 388 g/mol. The van der Waals surface area contributed by atoms with E-state index in [4.69, 9.17) is 4.74 Å². The molecule has 0 atom stereocenters. The highest BCUT2D eigenvalue weighted by Crippen LogP contribution is 2.27. The quantitative estimate of drug-likeness (QED) is 0.658. The van der Waals surface area contributed by atoms with Gasteiger partial charge in [-0.25, -0.2) is 0 Å². The lowest BCUT2D eigenvalue weighted by Crippen LogP contribution is -2.43. The molecule has 1 aliphatic rings. The number of rotatable bonds is 6. The van der Waals surface area contributed by atoms with Crippen molar-refractivity contribution in [3.05, 3.63) is 78.0 Å². The van der Waals surface area contributed by atoms with E-state index >= 15 is 0 Å². The number of ether oxygens (including phenoxy) is 1. The zero-order valence-electron chi connectivity index (χ0n) is 17.3. The Bertz CT molecular complexity index is 933. The summed E-state index contributed by atoms with van der Waals surface area (Å²) in [5, 5.41) is 3.48. The van der Waals surface area contributed by atoms with Gasteiger partial charge in [-0.05, 0) is 80.9 Å². The molecule has 0 radical (unpaired) electrons. The number of anilines is 1. The van der Waals surface area contributed by atoms with Crippen LogP contribution in [-0.2, 0) is 6.54 Å². The van der Waals surface area contributed by atoms with E-state index < -0.39 is 0 Å². The molecular formula is C25H29N3O. The van der Waals surface area contributed by atoms with E-state index in [1.165, 1.54) is 22.4 Å². The van der Waals surface area contributed by atoms with E-state index in [0.717, 1.165) is 43.9 Å². The lowest BCUT2D eigenvalue weighted by Gasteiger charge is -2.36. The highest BCUT2D eigenvalue weighted by Gasteiger charge is 2.22. The Labute approximate surface area is 173 Å². The van der Waals surface area contributed by atoms with E-state index in [1.54, 1.807) is 7.11 Å². The minimum Gasteiger partial charge on any atom is -0.497 e. The first kappa shape index (κ1) is 19.5. The SMILES string of the molecule is COc1ccc(N(Cc2ccnc(-c3cccc(C)c3)c2)C2CCNCC2)cc1. The largest absolute Gasteiger partial charge is 0.497 e. The molecule has 4 rings (SSSR count). The molecule has 1 fully saturated rings. The Morgan fingerprint density at radius 3 is 2.55 bits per heavy atom. The predicted octanol–water partition coefficient (Wildman–Crippen LogP) is 4.82. The summed E-state index contributed by atoms with van der Waals surface area (Å²) in [7, 11) is 1.71. The van der Waals surface area contributed by atoms with Crippen LogP contribution in [0.4, 0.5) is 5.69 Å². The number of hydrogen-bond acceptors (Lipinski definition) is 4. The molecule has 0 saturated carbocycles. The van der Waals surface area contributed by atoms with Crippen molar-refractivity contribution in [1.82, 2.24) is 10.3 Å². The van der Waals surface area contributed by atoms with Crippen molar-refractivity contribution in [1.29, 1.82) is 0 Å². The van der Waals surface area contributed by atoms with E-state index in [2.05, 4.69) is 70.7 Å². The van der Waals surface area contributed by atoms with Gasteiger partial charge in [0.15, 0.2) is 0 Å². The second kappa shape index (κ2) is 9.10. The van der Waals surface area contributed by atoms with Gasteiger partial charge in [-0.2, -0.15) is 0 Å². The maximum absolute atomic E-state index is 5.35. The number of benzene rings is 2. The summed E-state index contributed by atoms with van der Waals surface area (Å²) in [5.41, 5.74) is 5.98. The average Bonchev–Trinajstić information content (AvgIpc) is 2.78. The Morgan fingerprint density at radius 1 is 1.03 bits per heavy atom. The summed E-state index contributed by atoms with van der Waals surface area (Å²) in [6, 6.07) is 21.9. The number of methoxy groups -OCH3 is 1. The van der Waals surface area contributed by atoms with Crippen LogP contribution in [0, 0.1) is 6.92 Å². The Morgan fingerprint density at radius 2 is 1.83 bits per heavy atom. The van der Waals surface area contributed by atoms with Crippen LogP contribution < -0.4 is 15.0 Å². The van der Waals surface area contributed by atoms with Crippen molar-refractivity contribution in [2.24, 2.45) is 0 Å². The van der Waals surface area contributed by atoms with Crippen molar-refractivity contribution in [3.63, 3.8) is 0 Å². The lowest BCUT2D eigenvalue weighted by atomic mass is 10.0. The summed E-state index contributed by atoms with van der Waals surface area (Å²) in [5.74, 6) is 0.893. The lowest BCUT2D eigenvalue weighted by molar-refractivity contribution is 0.413. The van der Waals surface area contributed by atoms with Crippen molar-refractivity contribution < 1.29 is 4.74 Å². The zero-order valence-corrected chi connectivity index (χ0v) is 17.3. The van der Waals surface area contributed by atoms with Gasteiger partial charge in [0, 0.05) is 30.0 Å². The molecule has 29 heavy (non-hydrogen) atoms. The number of aryl methyl sites for hydroxylation is 1. The van der Waals surface area contributed by atoms with Crippen LogP contribution in [-0.4, -0.2) is 31.2 Å². The highest BCUT2D eigenvalue weighted by atomic mass is 16.5. The molecule has 4 heteroatoms. The van der Waals surface area contributed by atoms with Crippen LogP contribution in [0.5, 0.6) is 5.75 Å². The summed E-state index contributed by atoms with van der Waals surface area (Å²) in [6.07, 6.45) is 4.24. The van der Waals surface area contributed by atoms with Gasteiger partial charge >= 0.3 is 0 Å². The molecule has 3 aromatic rings.